The summed E-state index contributed by atoms with van der Waals surface area (Å²) in [6.45, 7) is 0. The predicted molar refractivity (Wildman–Crippen MR) is 57.2 cm³/mol. The third-order valence-electron chi connectivity index (χ3n) is 1.81. The van der Waals surface area contributed by atoms with Crippen LogP contribution in [-0.4, -0.2) is 19.7 Å². The van der Waals surface area contributed by atoms with Crippen LogP contribution in [0.5, 0.6) is 5.88 Å². The lowest BCUT2D eigenvalue weighted by Crippen LogP contribution is -2.06. The first kappa shape index (κ1) is 9.92. The van der Waals surface area contributed by atoms with Crippen molar-refractivity contribution in [1.29, 1.82) is 0 Å². The molecule has 2 aromatic rings. The Bertz CT molecular complexity index is 592. The fourth-order valence-electron chi connectivity index (χ4n) is 1.25. The highest BCUT2D eigenvalue weighted by Gasteiger charge is 2.05. The van der Waals surface area contributed by atoms with Gasteiger partial charge in [0.1, 0.15) is 0 Å². The second-order valence-electron chi connectivity index (χ2n) is 3.13. The molecule has 78 valence electrons. The molecule has 1 aromatic heterocycles. The Balaban J connectivity index is 2.48. The van der Waals surface area contributed by atoms with Crippen molar-refractivity contribution < 1.29 is 12.6 Å². The fraction of sp³-hybridized carbons (Fsp3) is 0.100. The highest BCUT2D eigenvalue weighted by atomic mass is 32.2. The molecule has 15 heavy (non-hydrogen) atoms. The number of aromatic nitrogens is 1. The zero-order valence-corrected chi connectivity index (χ0v) is 8.86. The first-order chi connectivity index (χ1) is 7.04. The van der Waals surface area contributed by atoms with Crippen molar-refractivity contribution in [2.24, 2.45) is 0 Å². The summed E-state index contributed by atoms with van der Waals surface area (Å²) in [5, 5.41) is 0.943. The van der Waals surface area contributed by atoms with Gasteiger partial charge < -0.3 is 4.18 Å². The van der Waals surface area contributed by atoms with Gasteiger partial charge in [0.2, 0.25) is 5.88 Å². The average molecular weight is 223 g/mol. The summed E-state index contributed by atoms with van der Waals surface area (Å²) >= 11 is 0. The van der Waals surface area contributed by atoms with Gasteiger partial charge in [-0.05, 0) is 12.1 Å². The number of fused-ring (bicyclic) bond motifs is 1. The Kier molecular flexibility index (Phi) is 2.32. The average Bonchev–Trinajstić information content (AvgIpc) is 2.15. The van der Waals surface area contributed by atoms with Crippen LogP contribution in [0, 0.1) is 0 Å². The van der Waals surface area contributed by atoms with Gasteiger partial charge in [0.15, 0.2) is 0 Å². The van der Waals surface area contributed by atoms with Gasteiger partial charge in [-0.25, -0.2) is 4.98 Å². The summed E-state index contributed by atoms with van der Waals surface area (Å²) in [6, 6.07) is 10.7. The first-order valence-electron chi connectivity index (χ1n) is 4.30. The lowest BCUT2D eigenvalue weighted by molar-refractivity contribution is 0.484. The molecule has 0 aliphatic heterocycles. The van der Waals surface area contributed by atoms with E-state index in [-0.39, 0.29) is 5.88 Å². The molecule has 0 spiro atoms. The predicted octanol–water partition coefficient (Wildman–Crippen LogP) is 1.57. The van der Waals surface area contributed by atoms with Crippen molar-refractivity contribution >= 4 is 21.0 Å². The van der Waals surface area contributed by atoms with Crippen LogP contribution in [0.3, 0.4) is 0 Å². The molecule has 0 bridgehead atoms. The summed E-state index contributed by atoms with van der Waals surface area (Å²) < 4.78 is 26.4. The van der Waals surface area contributed by atoms with E-state index in [1.54, 1.807) is 12.1 Å². The normalized spacial score (nSPS) is 11.5. The molecule has 0 fully saturated rings. The maximum absolute atomic E-state index is 10.9. The number of hydrogen-bond donors (Lipinski definition) is 0. The lowest BCUT2D eigenvalue weighted by atomic mass is 10.2. The lowest BCUT2D eigenvalue weighted by Gasteiger charge is -2.02. The number of para-hydroxylation sites is 1. The Morgan fingerprint density at radius 2 is 1.87 bits per heavy atom. The number of benzene rings is 1. The zero-order valence-electron chi connectivity index (χ0n) is 8.04. The van der Waals surface area contributed by atoms with Gasteiger partial charge in [-0.3, -0.25) is 0 Å². The molecule has 0 N–H and O–H groups in total. The van der Waals surface area contributed by atoms with E-state index in [9.17, 15) is 8.42 Å². The molecule has 2 rings (SSSR count). The molecule has 5 heteroatoms. The van der Waals surface area contributed by atoms with Crippen molar-refractivity contribution in [3.63, 3.8) is 0 Å². The van der Waals surface area contributed by atoms with Crippen LogP contribution in [0.1, 0.15) is 0 Å². The molecular formula is C10H9NO3S. The molecule has 0 saturated heterocycles. The zero-order chi connectivity index (χ0) is 10.9. The Morgan fingerprint density at radius 3 is 2.60 bits per heavy atom. The maximum atomic E-state index is 10.9. The minimum absolute atomic E-state index is 0.0937. The molecule has 0 radical (unpaired) electrons. The molecule has 0 amide bonds. The molecule has 0 atom stereocenters. The van der Waals surface area contributed by atoms with E-state index in [0.717, 1.165) is 11.6 Å². The van der Waals surface area contributed by atoms with E-state index < -0.39 is 10.1 Å². The summed E-state index contributed by atoms with van der Waals surface area (Å²) in [5.41, 5.74) is 0.707. The largest absolute Gasteiger partial charge is 0.362 e. The third-order valence-corrected chi connectivity index (χ3v) is 2.28. The van der Waals surface area contributed by atoms with E-state index in [1.807, 2.05) is 18.2 Å². The van der Waals surface area contributed by atoms with Gasteiger partial charge in [-0.2, -0.15) is 8.42 Å². The van der Waals surface area contributed by atoms with Gasteiger partial charge >= 0.3 is 10.1 Å². The summed E-state index contributed by atoms with van der Waals surface area (Å²) in [5.74, 6) is 0.0937. The van der Waals surface area contributed by atoms with E-state index in [1.165, 1.54) is 6.07 Å². The Morgan fingerprint density at radius 1 is 1.13 bits per heavy atom. The first-order valence-corrected chi connectivity index (χ1v) is 6.11. The summed E-state index contributed by atoms with van der Waals surface area (Å²) in [6.07, 6.45) is 0.990. The minimum atomic E-state index is -3.51. The van der Waals surface area contributed by atoms with Crippen molar-refractivity contribution in [2.75, 3.05) is 6.26 Å². The van der Waals surface area contributed by atoms with Gasteiger partial charge in [0, 0.05) is 11.5 Å². The van der Waals surface area contributed by atoms with Crippen LogP contribution in [0.2, 0.25) is 0 Å². The minimum Gasteiger partial charge on any atom is -0.362 e. The van der Waals surface area contributed by atoms with Crippen LogP contribution in [0.4, 0.5) is 0 Å². The fourth-order valence-corrected chi connectivity index (χ4v) is 1.65. The number of rotatable bonds is 2. The van der Waals surface area contributed by atoms with Crippen LogP contribution in [-0.2, 0) is 10.1 Å². The number of nitrogens with zero attached hydrogens (tertiary/aromatic N) is 1. The van der Waals surface area contributed by atoms with Gasteiger partial charge in [0.25, 0.3) is 0 Å². The number of pyridine rings is 1. The van der Waals surface area contributed by atoms with E-state index in [2.05, 4.69) is 9.17 Å². The monoisotopic (exact) mass is 223 g/mol. The smallest absolute Gasteiger partial charge is 0.307 e. The molecule has 1 heterocycles. The van der Waals surface area contributed by atoms with Gasteiger partial charge in [0.05, 0.1) is 11.8 Å². The summed E-state index contributed by atoms with van der Waals surface area (Å²) in [4.78, 5) is 4.06. The highest BCUT2D eigenvalue weighted by molar-refractivity contribution is 7.86. The van der Waals surface area contributed by atoms with Crippen LogP contribution < -0.4 is 4.18 Å². The van der Waals surface area contributed by atoms with E-state index in [0.29, 0.717) is 5.52 Å². The van der Waals surface area contributed by atoms with Gasteiger partial charge in [-0.15, -0.1) is 0 Å². The van der Waals surface area contributed by atoms with Gasteiger partial charge in [-0.1, -0.05) is 18.2 Å². The quantitative estimate of drug-likeness (QED) is 0.725. The molecule has 0 unspecified atom stereocenters. The molecule has 0 aliphatic carbocycles. The molecule has 4 nitrogen and oxygen atoms in total. The topological polar surface area (TPSA) is 56.3 Å². The maximum Gasteiger partial charge on any atom is 0.307 e. The van der Waals surface area contributed by atoms with E-state index in [4.69, 9.17) is 0 Å². The third kappa shape index (κ3) is 2.44. The van der Waals surface area contributed by atoms with Crippen molar-refractivity contribution in [2.45, 2.75) is 0 Å². The van der Waals surface area contributed by atoms with Crippen LogP contribution in [0.25, 0.3) is 10.9 Å². The van der Waals surface area contributed by atoms with Crippen molar-refractivity contribution in [1.82, 2.24) is 4.98 Å². The molecular weight excluding hydrogens is 214 g/mol. The molecule has 1 aromatic carbocycles. The highest BCUT2D eigenvalue weighted by Crippen LogP contribution is 2.16. The van der Waals surface area contributed by atoms with Crippen molar-refractivity contribution in [3.8, 4) is 5.88 Å². The van der Waals surface area contributed by atoms with Crippen molar-refractivity contribution in [3.05, 3.63) is 36.4 Å². The Hall–Kier alpha value is -1.62. The standard InChI is InChI=1S/C10H9NO3S/c1-15(12,13)14-10-7-6-8-4-2-3-5-9(8)11-10/h2-7H,1H3. The molecule has 0 saturated carbocycles. The Labute approximate surface area is 87.6 Å². The SMILES string of the molecule is CS(=O)(=O)Oc1ccc2ccccc2n1. The number of hydrogen-bond acceptors (Lipinski definition) is 4. The molecule has 0 aliphatic rings. The second kappa shape index (κ2) is 3.51. The van der Waals surface area contributed by atoms with Crippen LogP contribution >= 0.6 is 0 Å². The summed E-state index contributed by atoms with van der Waals surface area (Å²) in [7, 11) is -3.51. The second-order valence-corrected chi connectivity index (χ2v) is 4.70. The van der Waals surface area contributed by atoms with E-state index >= 15 is 0 Å². The van der Waals surface area contributed by atoms with Crippen LogP contribution in [0.15, 0.2) is 36.4 Å².